The number of benzene rings is 2. The molecule has 0 radical (unpaired) electrons. The largest absolute Gasteiger partial charge is 0.451 e. The minimum atomic E-state index is -0.679. The van der Waals surface area contributed by atoms with Crippen LogP contribution in [0.15, 0.2) is 59.0 Å². The van der Waals surface area contributed by atoms with Crippen LogP contribution in [0.5, 0.6) is 0 Å². The third-order valence-corrected chi connectivity index (χ3v) is 5.61. The van der Waals surface area contributed by atoms with Gasteiger partial charge in [-0.2, -0.15) is 0 Å². The molecular formula is C24H25N3O4. The van der Waals surface area contributed by atoms with E-state index in [1.165, 1.54) is 0 Å². The van der Waals surface area contributed by atoms with Crippen molar-refractivity contribution in [2.75, 3.05) is 25.0 Å². The predicted octanol–water partition coefficient (Wildman–Crippen LogP) is 3.35. The number of rotatable bonds is 4. The van der Waals surface area contributed by atoms with Crippen LogP contribution in [0.1, 0.15) is 29.0 Å². The molecule has 31 heavy (non-hydrogen) atoms. The predicted molar refractivity (Wildman–Crippen MR) is 118 cm³/mol. The molecule has 1 aromatic heterocycles. The highest BCUT2D eigenvalue weighted by molar-refractivity contribution is 6.39. The van der Waals surface area contributed by atoms with Gasteiger partial charge in [0, 0.05) is 30.7 Å². The van der Waals surface area contributed by atoms with Crippen LogP contribution in [0.3, 0.4) is 0 Å². The summed E-state index contributed by atoms with van der Waals surface area (Å²) in [6.45, 7) is 3.54. The number of piperidine rings is 1. The van der Waals surface area contributed by atoms with Crippen molar-refractivity contribution < 1.29 is 18.8 Å². The first kappa shape index (κ1) is 20.7. The number of furan rings is 1. The van der Waals surface area contributed by atoms with Crippen LogP contribution in [0.25, 0.3) is 11.0 Å². The van der Waals surface area contributed by atoms with Gasteiger partial charge in [0.2, 0.25) is 0 Å². The Balaban J connectivity index is 1.23. The molecule has 0 aliphatic carbocycles. The van der Waals surface area contributed by atoms with E-state index in [1.807, 2.05) is 43.3 Å². The molecule has 1 fully saturated rings. The number of carbonyl (C=O) groups is 3. The molecule has 160 valence electrons. The quantitative estimate of drug-likeness (QED) is 0.635. The molecule has 0 bridgehead atoms. The van der Waals surface area contributed by atoms with Gasteiger partial charge in [-0.05, 0) is 49.9 Å². The SMILES string of the molecule is Cc1ccc(NC(=O)C(=O)NCC2CCN(C(=O)c3cc4ccccc4o3)CC2)cc1. The molecular weight excluding hydrogens is 394 g/mol. The Morgan fingerprint density at radius 3 is 2.42 bits per heavy atom. The number of likely N-dealkylation sites (tertiary alicyclic amines) is 1. The van der Waals surface area contributed by atoms with Crippen molar-refractivity contribution in [3.8, 4) is 0 Å². The summed E-state index contributed by atoms with van der Waals surface area (Å²) in [6.07, 6.45) is 1.51. The molecule has 7 heteroatoms. The number of amides is 3. The van der Waals surface area contributed by atoms with Gasteiger partial charge in [0.25, 0.3) is 5.91 Å². The van der Waals surface area contributed by atoms with Crippen molar-refractivity contribution in [3.05, 3.63) is 65.9 Å². The molecule has 7 nitrogen and oxygen atoms in total. The van der Waals surface area contributed by atoms with Gasteiger partial charge in [0.05, 0.1) is 0 Å². The van der Waals surface area contributed by atoms with Crippen LogP contribution in [-0.2, 0) is 9.59 Å². The van der Waals surface area contributed by atoms with Gasteiger partial charge in [-0.3, -0.25) is 14.4 Å². The van der Waals surface area contributed by atoms with E-state index < -0.39 is 11.8 Å². The Morgan fingerprint density at radius 1 is 1.00 bits per heavy atom. The number of fused-ring (bicyclic) bond motifs is 1. The van der Waals surface area contributed by atoms with E-state index in [2.05, 4.69) is 10.6 Å². The molecule has 0 spiro atoms. The lowest BCUT2D eigenvalue weighted by Gasteiger charge is -2.31. The zero-order valence-corrected chi connectivity index (χ0v) is 17.4. The first-order valence-corrected chi connectivity index (χ1v) is 10.4. The average Bonchev–Trinajstić information content (AvgIpc) is 3.23. The molecule has 0 unspecified atom stereocenters. The van der Waals surface area contributed by atoms with Crippen LogP contribution < -0.4 is 10.6 Å². The fourth-order valence-corrected chi connectivity index (χ4v) is 3.73. The Morgan fingerprint density at radius 2 is 1.71 bits per heavy atom. The van der Waals surface area contributed by atoms with Gasteiger partial charge < -0.3 is 20.0 Å². The molecule has 3 amide bonds. The summed E-state index contributed by atoms with van der Waals surface area (Å²) in [5.41, 5.74) is 2.36. The first-order chi connectivity index (χ1) is 15.0. The monoisotopic (exact) mass is 419 g/mol. The number of hydrogen-bond acceptors (Lipinski definition) is 4. The minimum Gasteiger partial charge on any atom is -0.451 e. The molecule has 1 aliphatic heterocycles. The normalized spacial score (nSPS) is 14.4. The van der Waals surface area contributed by atoms with E-state index in [1.54, 1.807) is 23.1 Å². The number of carbonyl (C=O) groups excluding carboxylic acids is 3. The number of hydrogen-bond donors (Lipinski definition) is 2. The Labute approximate surface area is 180 Å². The average molecular weight is 419 g/mol. The molecule has 0 atom stereocenters. The van der Waals surface area contributed by atoms with Crippen molar-refractivity contribution in [3.63, 3.8) is 0 Å². The minimum absolute atomic E-state index is 0.115. The number of para-hydroxylation sites is 1. The van der Waals surface area contributed by atoms with Crippen LogP contribution in [-0.4, -0.2) is 42.3 Å². The van der Waals surface area contributed by atoms with Gasteiger partial charge in [-0.1, -0.05) is 35.9 Å². The van der Waals surface area contributed by atoms with Crippen LogP contribution in [0.2, 0.25) is 0 Å². The van der Waals surface area contributed by atoms with Gasteiger partial charge in [-0.15, -0.1) is 0 Å². The molecule has 3 aromatic rings. The lowest BCUT2D eigenvalue weighted by molar-refractivity contribution is -0.136. The number of anilines is 1. The molecule has 1 saturated heterocycles. The van der Waals surface area contributed by atoms with Gasteiger partial charge in [0.1, 0.15) is 5.58 Å². The standard InChI is InChI=1S/C24H25N3O4/c1-16-6-8-19(9-7-16)26-23(29)22(28)25-15-17-10-12-27(13-11-17)24(30)21-14-18-4-2-3-5-20(18)31-21/h2-9,14,17H,10-13,15H2,1H3,(H,25,28)(H,26,29). The summed E-state index contributed by atoms with van der Waals surface area (Å²) >= 11 is 0. The van der Waals surface area contributed by atoms with Crippen LogP contribution >= 0.6 is 0 Å². The second-order valence-electron chi connectivity index (χ2n) is 7.91. The van der Waals surface area contributed by atoms with Gasteiger partial charge >= 0.3 is 11.8 Å². The van der Waals surface area contributed by atoms with Crippen molar-refractivity contribution >= 4 is 34.4 Å². The van der Waals surface area contributed by atoms with E-state index in [-0.39, 0.29) is 11.8 Å². The smallest absolute Gasteiger partial charge is 0.313 e. The molecule has 0 saturated carbocycles. The van der Waals surface area contributed by atoms with Crippen LogP contribution in [0.4, 0.5) is 5.69 Å². The second-order valence-corrected chi connectivity index (χ2v) is 7.91. The number of aryl methyl sites for hydroxylation is 1. The maximum Gasteiger partial charge on any atom is 0.313 e. The number of nitrogens with zero attached hydrogens (tertiary/aromatic N) is 1. The Hall–Kier alpha value is -3.61. The molecule has 2 aromatic carbocycles. The van der Waals surface area contributed by atoms with Crippen molar-refractivity contribution in [1.82, 2.24) is 10.2 Å². The molecule has 1 aliphatic rings. The van der Waals surface area contributed by atoms with E-state index in [0.717, 1.165) is 23.8 Å². The van der Waals surface area contributed by atoms with Gasteiger partial charge in [-0.25, -0.2) is 0 Å². The molecule has 2 heterocycles. The fraction of sp³-hybridized carbons (Fsp3) is 0.292. The van der Waals surface area contributed by atoms with E-state index in [0.29, 0.717) is 36.7 Å². The second kappa shape index (κ2) is 9.04. The van der Waals surface area contributed by atoms with Crippen molar-refractivity contribution in [2.24, 2.45) is 5.92 Å². The molecule has 4 rings (SSSR count). The number of nitrogens with one attached hydrogen (secondary N) is 2. The van der Waals surface area contributed by atoms with Crippen molar-refractivity contribution in [2.45, 2.75) is 19.8 Å². The zero-order chi connectivity index (χ0) is 21.8. The summed E-state index contributed by atoms with van der Waals surface area (Å²) in [6, 6.07) is 16.6. The highest BCUT2D eigenvalue weighted by atomic mass is 16.3. The summed E-state index contributed by atoms with van der Waals surface area (Å²) in [5.74, 6) is -0.879. The lowest BCUT2D eigenvalue weighted by Crippen LogP contribution is -2.43. The van der Waals surface area contributed by atoms with Crippen LogP contribution in [0, 0.1) is 12.8 Å². The Kier molecular flexibility index (Phi) is 6.02. The van der Waals surface area contributed by atoms with E-state index in [4.69, 9.17) is 4.42 Å². The summed E-state index contributed by atoms with van der Waals surface area (Å²) in [7, 11) is 0. The summed E-state index contributed by atoms with van der Waals surface area (Å²) < 4.78 is 5.68. The van der Waals surface area contributed by atoms with Gasteiger partial charge in [0.15, 0.2) is 5.76 Å². The lowest BCUT2D eigenvalue weighted by atomic mass is 9.96. The Bertz CT molecular complexity index is 1060. The summed E-state index contributed by atoms with van der Waals surface area (Å²) in [5, 5.41) is 6.21. The third kappa shape index (κ3) is 4.94. The highest BCUT2D eigenvalue weighted by Gasteiger charge is 2.26. The highest BCUT2D eigenvalue weighted by Crippen LogP contribution is 2.23. The van der Waals surface area contributed by atoms with E-state index in [9.17, 15) is 14.4 Å². The summed E-state index contributed by atoms with van der Waals surface area (Å²) in [4.78, 5) is 38.7. The zero-order valence-electron chi connectivity index (χ0n) is 17.4. The van der Waals surface area contributed by atoms with E-state index >= 15 is 0 Å². The third-order valence-electron chi connectivity index (χ3n) is 5.61. The fourth-order valence-electron chi connectivity index (χ4n) is 3.73. The topological polar surface area (TPSA) is 91.7 Å². The maximum atomic E-state index is 12.7. The maximum absolute atomic E-state index is 12.7. The first-order valence-electron chi connectivity index (χ1n) is 10.4. The van der Waals surface area contributed by atoms with Crippen molar-refractivity contribution in [1.29, 1.82) is 0 Å². The molecule has 2 N–H and O–H groups in total.